The standard InChI is InChI=1S/C12H10N2O3S/c1-6-4-7(2-3-9(6)15)5-8-10(16)13-12(18)14-11(8)17/h2-5,15H,1H3,(H2,13,14,16,17,18). The van der Waals surface area contributed by atoms with Crippen LogP contribution in [-0.2, 0) is 9.59 Å². The number of carbonyl (C=O) groups is 2. The molecule has 0 spiro atoms. The van der Waals surface area contributed by atoms with Crippen molar-refractivity contribution in [2.45, 2.75) is 6.92 Å². The van der Waals surface area contributed by atoms with Crippen LogP contribution in [0.25, 0.3) is 6.08 Å². The molecule has 0 aliphatic carbocycles. The van der Waals surface area contributed by atoms with Gasteiger partial charge in [0, 0.05) is 0 Å². The number of nitrogens with one attached hydrogen (secondary N) is 2. The van der Waals surface area contributed by atoms with Gasteiger partial charge in [0.1, 0.15) is 11.3 Å². The van der Waals surface area contributed by atoms with Crippen molar-refractivity contribution in [2.75, 3.05) is 0 Å². The number of rotatable bonds is 1. The van der Waals surface area contributed by atoms with E-state index >= 15 is 0 Å². The van der Waals surface area contributed by atoms with Gasteiger partial charge >= 0.3 is 0 Å². The van der Waals surface area contributed by atoms with E-state index in [1.807, 2.05) is 0 Å². The zero-order chi connectivity index (χ0) is 13.3. The van der Waals surface area contributed by atoms with Gasteiger partial charge in [-0.1, -0.05) is 6.07 Å². The predicted octanol–water partition coefficient (Wildman–Crippen LogP) is 0.615. The van der Waals surface area contributed by atoms with Crippen molar-refractivity contribution < 1.29 is 14.7 Å². The average Bonchev–Trinajstić information content (AvgIpc) is 2.28. The number of hydrogen-bond donors (Lipinski definition) is 3. The van der Waals surface area contributed by atoms with Crippen molar-refractivity contribution in [3.63, 3.8) is 0 Å². The van der Waals surface area contributed by atoms with Crippen LogP contribution in [0.1, 0.15) is 11.1 Å². The van der Waals surface area contributed by atoms with E-state index in [9.17, 15) is 14.7 Å². The third-order valence-corrected chi connectivity index (χ3v) is 2.68. The molecule has 0 atom stereocenters. The van der Waals surface area contributed by atoms with E-state index in [4.69, 9.17) is 12.2 Å². The van der Waals surface area contributed by atoms with Crippen molar-refractivity contribution in [1.29, 1.82) is 0 Å². The maximum absolute atomic E-state index is 11.6. The van der Waals surface area contributed by atoms with Crippen molar-refractivity contribution in [1.82, 2.24) is 10.6 Å². The van der Waals surface area contributed by atoms with Crippen LogP contribution >= 0.6 is 12.2 Å². The lowest BCUT2D eigenvalue weighted by atomic mass is 10.1. The lowest BCUT2D eigenvalue weighted by molar-refractivity contribution is -0.123. The summed E-state index contributed by atoms with van der Waals surface area (Å²) in [6.45, 7) is 1.73. The lowest BCUT2D eigenvalue weighted by Crippen LogP contribution is -2.51. The van der Waals surface area contributed by atoms with Crippen LogP contribution in [0.15, 0.2) is 23.8 Å². The first-order valence-electron chi connectivity index (χ1n) is 5.15. The number of phenols is 1. The Labute approximate surface area is 109 Å². The number of thiocarbonyl (C=S) groups is 1. The van der Waals surface area contributed by atoms with E-state index in [-0.39, 0.29) is 16.4 Å². The summed E-state index contributed by atoms with van der Waals surface area (Å²) in [6, 6.07) is 4.80. The molecule has 0 unspecified atom stereocenters. The molecule has 0 aromatic heterocycles. The first kappa shape index (κ1) is 12.3. The summed E-state index contributed by atoms with van der Waals surface area (Å²) in [7, 11) is 0. The van der Waals surface area contributed by atoms with Gasteiger partial charge in [0.05, 0.1) is 0 Å². The van der Waals surface area contributed by atoms with Crippen LogP contribution in [0, 0.1) is 6.92 Å². The first-order chi connectivity index (χ1) is 8.47. The molecule has 1 saturated heterocycles. The number of hydrogen-bond acceptors (Lipinski definition) is 4. The molecule has 1 aliphatic heterocycles. The Kier molecular flexibility index (Phi) is 3.12. The minimum Gasteiger partial charge on any atom is -0.508 e. The Morgan fingerprint density at radius 3 is 2.39 bits per heavy atom. The van der Waals surface area contributed by atoms with Crippen LogP contribution in [0.2, 0.25) is 0 Å². The third kappa shape index (κ3) is 2.38. The summed E-state index contributed by atoms with van der Waals surface area (Å²) < 4.78 is 0. The van der Waals surface area contributed by atoms with Crippen LogP contribution in [0.5, 0.6) is 5.75 Å². The van der Waals surface area contributed by atoms with Crippen molar-refractivity contribution >= 4 is 35.2 Å². The summed E-state index contributed by atoms with van der Waals surface area (Å²) in [5.74, 6) is -0.903. The molecule has 92 valence electrons. The molecule has 3 N–H and O–H groups in total. The van der Waals surface area contributed by atoms with Crippen molar-refractivity contribution in [2.24, 2.45) is 0 Å². The van der Waals surface area contributed by atoms with Crippen LogP contribution in [0.4, 0.5) is 0 Å². The fourth-order valence-corrected chi connectivity index (χ4v) is 1.73. The smallest absolute Gasteiger partial charge is 0.263 e. The van der Waals surface area contributed by atoms with Gasteiger partial charge < -0.3 is 5.11 Å². The monoisotopic (exact) mass is 262 g/mol. The fraction of sp³-hybridized carbons (Fsp3) is 0.0833. The zero-order valence-electron chi connectivity index (χ0n) is 9.48. The lowest BCUT2D eigenvalue weighted by Gasteiger charge is -2.16. The maximum atomic E-state index is 11.6. The highest BCUT2D eigenvalue weighted by Gasteiger charge is 2.25. The molecule has 18 heavy (non-hydrogen) atoms. The molecule has 2 rings (SSSR count). The van der Waals surface area contributed by atoms with Gasteiger partial charge in [0.25, 0.3) is 11.8 Å². The van der Waals surface area contributed by atoms with Crippen molar-refractivity contribution in [3.8, 4) is 5.75 Å². The Hall–Kier alpha value is -2.21. The fourth-order valence-electron chi connectivity index (χ4n) is 1.54. The largest absolute Gasteiger partial charge is 0.508 e. The quantitative estimate of drug-likeness (QED) is 0.394. The predicted molar refractivity (Wildman–Crippen MR) is 69.7 cm³/mol. The van der Waals surface area contributed by atoms with E-state index in [1.165, 1.54) is 12.1 Å². The van der Waals surface area contributed by atoms with E-state index in [1.54, 1.807) is 19.1 Å². The summed E-state index contributed by atoms with van der Waals surface area (Å²) in [5.41, 5.74) is 1.30. The Morgan fingerprint density at radius 2 is 1.83 bits per heavy atom. The number of aromatic hydroxyl groups is 1. The minimum atomic E-state index is -0.533. The summed E-state index contributed by atoms with van der Waals surface area (Å²) in [6.07, 6.45) is 1.44. The molecule has 0 radical (unpaired) electrons. The van der Waals surface area contributed by atoms with E-state index < -0.39 is 11.8 Å². The highest BCUT2D eigenvalue weighted by molar-refractivity contribution is 7.80. The second kappa shape index (κ2) is 4.58. The molecule has 1 aliphatic rings. The van der Waals surface area contributed by atoms with Crippen LogP contribution in [-0.4, -0.2) is 22.0 Å². The Bertz CT molecular complexity index is 571. The van der Waals surface area contributed by atoms with E-state index in [0.717, 1.165) is 0 Å². The third-order valence-electron chi connectivity index (χ3n) is 2.48. The number of aryl methyl sites for hydroxylation is 1. The molecule has 0 bridgehead atoms. The van der Waals surface area contributed by atoms with Gasteiger partial charge in [-0.05, 0) is 48.5 Å². The summed E-state index contributed by atoms with van der Waals surface area (Å²) >= 11 is 4.69. The number of amides is 2. The van der Waals surface area contributed by atoms with Gasteiger partial charge in [-0.15, -0.1) is 0 Å². The normalized spacial score (nSPS) is 15.2. The van der Waals surface area contributed by atoms with Gasteiger partial charge in [-0.25, -0.2) is 0 Å². The molecular formula is C12H10N2O3S. The molecule has 0 saturated carbocycles. The molecule has 1 aromatic rings. The minimum absolute atomic E-state index is 0.00374. The molecular weight excluding hydrogens is 252 g/mol. The van der Waals surface area contributed by atoms with Crippen LogP contribution < -0.4 is 10.6 Å². The van der Waals surface area contributed by atoms with E-state index in [0.29, 0.717) is 11.1 Å². The molecule has 1 fully saturated rings. The number of phenolic OH excluding ortho intramolecular Hbond substituents is 1. The highest BCUT2D eigenvalue weighted by atomic mass is 32.1. The molecule has 1 heterocycles. The number of carbonyl (C=O) groups excluding carboxylic acids is 2. The van der Waals surface area contributed by atoms with Crippen LogP contribution in [0.3, 0.4) is 0 Å². The van der Waals surface area contributed by atoms with E-state index in [2.05, 4.69) is 10.6 Å². The van der Waals surface area contributed by atoms with Gasteiger partial charge in [-0.3, -0.25) is 20.2 Å². The zero-order valence-corrected chi connectivity index (χ0v) is 10.3. The SMILES string of the molecule is Cc1cc(C=C2C(=O)NC(=S)NC2=O)ccc1O. The summed E-state index contributed by atoms with van der Waals surface area (Å²) in [5, 5.41) is 14.1. The second-order valence-corrected chi connectivity index (χ2v) is 4.25. The average molecular weight is 262 g/mol. The number of benzene rings is 1. The summed E-state index contributed by atoms with van der Waals surface area (Å²) in [4.78, 5) is 23.2. The Morgan fingerprint density at radius 1 is 1.22 bits per heavy atom. The first-order valence-corrected chi connectivity index (χ1v) is 5.56. The molecule has 6 heteroatoms. The molecule has 1 aromatic carbocycles. The topological polar surface area (TPSA) is 78.4 Å². The highest BCUT2D eigenvalue weighted by Crippen LogP contribution is 2.19. The molecule has 2 amide bonds. The van der Waals surface area contributed by atoms with Gasteiger partial charge in [-0.2, -0.15) is 0 Å². The van der Waals surface area contributed by atoms with Gasteiger partial charge in [0.2, 0.25) is 0 Å². The Balaban J connectivity index is 2.37. The van der Waals surface area contributed by atoms with Crippen molar-refractivity contribution in [3.05, 3.63) is 34.9 Å². The molecule has 5 nitrogen and oxygen atoms in total. The maximum Gasteiger partial charge on any atom is 0.263 e. The van der Waals surface area contributed by atoms with Gasteiger partial charge in [0.15, 0.2) is 5.11 Å². The second-order valence-electron chi connectivity index (χ2n) is 3.84.